The SMILES string of the molecule is C=CCN(C#N)C[C@@H]1[C@H](CC(C)=O)C1(C)C. The van der Waals surface area contributed by atoms with E-state index in [0.29, 0.717) is 24.8 Å². The van der Waals surface area contributed by atoms with Crippen molar-refractivity contribution in [1.29, 1.82) is 5.26 Å². The number of carbonyl (C=O) groups excluding carboxylic acids is 1. The van der Waals surface area contributed by atoms with Crippen molar-refractivity contribution in [2.45, 2.75) is 27.2 Å². The molecule has 2 atom stereocenters. The molecule has 1 rings (SSSR count). The lowest BCUT2D eigenvalue weighted by molar-refractivity contribution is -0.117. The number of ketones is 1. The Morgan fingerprint density at radius 2 is 2.19 bits per heavy atom. The molecule has 0 bridgehead atoms. The third kappa shape index (κ3) is 2.63. The van der Waals surface area contributed by atoms with E-state index in [0.717, 1.165) is 6.54 Å². The van der Waals surface area contributed by atoms with E-state index in [1.54, 1.807) is 17.9 Å². The van der Waals surface area contributed by atoms with E-state index in [1.165, 1.54) is 0 Å². The molecule has 0 spiro atoms. The fourth-order valence-corrected chi connectivity index (χ4v) is 2.48. The molecule has 1 aliphatic rings. The maximum Gasteiger partial charge on any atom is 0.179 e. The summed E-state index contributed by atoms with van der Waals surface area (Å²) in [5.74, 6) is 1.13. The van der Waals surface area contributed by atoms with Crippen molar-refractivity contribution in [2.75, 3.05) is 13.1 Å². The van der Waals surface area contributed by atoms with Gasteiger partial charge in [0.15, 0.2) is 6.19 Å². The number of nitrogens with zero attached hydrogens (tertiary/aromatic N) is 2. The Hall–Kier alpha value is -1.30. The summed E-state index contributed by atoms with van der Waals surface area (Å²) < 4.78 is 0. The topological polar surface area (TPSA) is 44.1 Å². The molecule has 0 heterocycles. The Balaban J connectivity index is 2.53. The number of carbonyl (C=O) groups is 1. The maximum atomic E-state index is 11.1. The largest absolute Gasteiger partial charge is 0.307 e. The fraction of sp³-hybridized carbons (Fsp3) is 0.692. The Kier molecular flexibility index (Phi) is 3.74. The van der Waals surface area contributed by atoms with E-state index < -0.39 is 0 Å². The van der Waals surface area contributed by atoms with Crippen molar-refractivity contribution in [3.63, 3.8) is 0 Å². The first-order valence-electron chi connectivity index (χ1n) is 5.68. The lowest BCUT2D eigenvalue weighted by atomic mass is 10.1. The van der Waals surface area contributed by atoms with Gasteiger partial charge in [-0.1, -0.05) is 19.9 Å². The van der Waals surface area contributed by atoms with Gasteiger partial charge in [-0.15, -0.1) is 6.58 Å². The van der Waals surface area contributed by atoms with Gasteiger partial charge in [0.1, 0.15) is 5.78 Å². The first-order valence-corrected chi connectivity index (χ1v) is 5.68. The number of Topliss-reactive ketones (excluding diaryl/α,β-unsaturated/α-hetero) is 1. The molecule has 0 N–H and O–H groups in total. The second-order valence-electron chi connectivity index (χ2n) is 5.23. The molecule has 16 heavy (non-hydrogen) atoms. The lowest BCUT2D eigenvalue weighted by Crippen LogP contribution is -2.22. The zero-order valence-electron chi connectivity index (χ0n) is 10.4. The molecule has 0 aliphatic heterocycles. The van der Waals surface area contributed by atoms with Gasteiger partial charge in [-0.25, -0.2) is 0 Å². The normalized spacial score (nSPS) is 25.6. The number of rotatable bonds is 6. The summed E-state index contributed by atoms with van der Waals surface area (Å²) in [5, 5.41) is 8.93. The van der Waals surface area contributed by atoms with Crippen molar-refractivity contribution in [2.24, 2.45) is 17.3 Å². The molecular weight excluding hydrogens is 200 g/mol. The smallest absolute Gasteiger partial charge is 0.179 e. The molecule has 88 valence electrons. The molecule has 1 fully saturated rings. The van der Waals surface area contributed by atoms with Crippen LogP contribution in [0.3, 0.4) is 0 Å². The van der Waals surface area contributed by atoms with Crippen molar-refractivity contribution in [1.82, 2.24) is 4.90 Å². The van der Waals surface area contributed by atoms with Gasteiger partial charge in [-0.3, -0.25) is 0 Å². The summed E-state index contributed by atoms with van der Waals surface area (Å²) in [6, 6.07) is 0. The Morgan fingerprint density at radius 1 is 1.56 bits per heavy atom. The highest BCUT2D eigenvalue weighted by Crippen LogP contribution is 2.60. The van der Waals surface area contributed by atoms with Crippen LogP contribution in [0.25, 0.3) is 0 Å². The average Bonchev–Trinajstić information content (AvgIpc) is 2.67. The van der Waals surface area contributed by atoms with Crippen LogP contribution in [0.1, 0.15) is 27.2 Å². The molecule has 0 radical (unpaired) electrons. The first-order chi connectivity index (χ1) is 7.43. The van der Waals surface area contributed by atoms with Crippen LogP contribution in [0, 0.1) is 28.7 Å². The highest BCUT2D eigenvalue weighted by Gasteiger charge is 2.57. The molecule has 0 aromatic rings. The lowest BCUT2D eigenvalue weighted by Gasteiger charge is -2.13. The van der Waals surface area contributed by atoms with Gasteiger partial charge in [0.05, 0.1) is 0 Å². The molecule has 0 aromatic carbocycles. The van der Waals surface area contributed by atoms with Crippen LogP contribution >= 0.6 is 0 Å². The van der Waals surface area contributed by atoms with Crippen LogP contribution in [0.5, 0.6) is 0 Å². The molecular formula is C13H20N2O. The van der Waals surface area contributed by atoms with Crippen molar-refractivity contribution in [3.05, 3.63) is 12.7 Å². The third-order valence-corrected chi connectivity index (χ3v) is 3.70. The Labute approximate surface area is 97.7 Å². The summed E-state index contributed by atoms with van der Waals surface area (Å²) in [4.78, 5) is 12.8. The monoisotopic (exact) mass is 220 g/mol. The molecule has 0 unspecified atom stereocenters. The van der Waals surface area contributed by atoms with Crippen LogP contribution in [0.15, 0.2) is 12.7 Å². The van der Waals surface area contributed by atoms with Gasteiger partial charge in [0.2, 0.25) is 0 Å². The standard InChI is InChI=1S/C13H20N2O/c1-5-6-15(9-14)8-12-11(7-10(2)16)13(12,3)4/h5,11-12H,1,6-8H2,2-4H3/t11-,12+/m0/s1. The molecule has 1 aliphatic carbocycles. The highest BCUT2D eigenvalue weighted by atomic mass is 16.1. The predicted octanol–water partition coefficient (Wildman–Crippen LogP) is 2.21. The van der Waals surface area contributed by atoms with E-state index in [4.69, 9.17) is 5.26 Å². The zero-order valence-corrected chi connectivity index (χ0v) is 10.4. The Bertz CT molecular complexity index is 327. The summed E-state index contributed by atoms with van der Waals surface area (Å²) in [6.45, 7) is 11.0. The number of hydrogen-bond donors (Lipinski definition) is 0. The van der Waals surface area contributed by atoms with E-state index in [1.807, 2.05) is 0 Å². The van der Waals surface area contributed by atoms with Crippen LogP contribution in [-0.4, -0.2) is 23.8 Å². The van der Waals surface area contributed by atoms with Crippen molar-refractivity contribution < 1.29 is 4.79 Å². The number of hydrogen-bond acceptors (Lipinski definition) is 3. The minimum Gasteiger partial charge on any atom is -0.307 e. The van der Waals surface area contributed by atoms with Gasteiger partial charge >= 0.3 is 0 Å². The van der Waals surface area contributed by atoms with E-state index in [-0.39, 0.29) is 11.2 Å². The fourth-order valence-electron chi connectivity index (χ4n) is 2.48. The number of nitriles is 1. The molecule has 0 amide bonds. The second kappa shape index (κ2) is 4.69. The van der Waals surface area contributed by atoms with Gasteiger partial charge in [0.25, 0.3) is 0 Å². The highest BCUT2D eigenvalue weighted by molar-refractivity contribution is 5.76. The van der Waals surface area contributed by atoms with Gasteiger partial charge in [0, 0.05) is 19.5 Å². The minimum atomic E-state index is 0.196. The average molecular weight is 220 g/mol. The van der Waals surface area contributed by atoms with E-state index in [9.17, 15) is 4.79 Å². The summed E-state index contributed by atoms with van der Waals surface area (Å²) >= 11 is 0. The summed E-state index contributed by atoms with van der Waals surface area (Å²) in [5.41, 5.74) is 0.196. The molecule has 3 nitrogen and oxygen atoms in total. The van der Waals surface area contributed by atoms with Crippen LogP contribution in [0.4, 0.5) is 0 Å². The van der Waals surface area contributed by atoms with Gasteiger partial charge < -0.3 is 9.69 Å². The van der Waals surface area contributed by atoms with Crippen molar-refractivity contribution in [3.8, 4) is 6.19 Å². The third-order valence-electron chi connectivity index (χ3n) is 3.70. The van der Waals surface area contributed by atoms with Gasteiger partial charge in [-0.05, 0) is 24.2 Å². The molecule has 0 aromatic heterocycles. The minimum absolute atomic E-state index is 0.196. The Morgan fingerprint density at radius 3 is 2.62 bits per heavy atom. The maximum absolute atomic E-state index is 11.1. The zero-order chi connectivity index (χ0) is 12.3. The predicted molar refractivity (Wildman–Crippen MR) is 63.4 cm³/mol. The van der Waals surface area contributed by atoms with Crippen molar-refractivity contribution >= 4 is 5.78 Å². The summed E-state index contributed by atoms with van der Waals surface area (Å²) in [7, 11) is 0. The van der Waals surface area contributed by atoms with Crippen LogP contribution < -0.4 is 0 Å². The van der Waals surface area contributed by atoms with E-state index in [2.05, 4.69) is 26.6 Å². The van der Waals surface area contributed by atoms with Gasteiger partial charge in [-0.2, -0.15) is 5.26 Å². The molecule has 0 saturated heterocycles. The quantitative estimate of drug-likeness (QED) is 0.391. The molecule has 1 saturated carbocycles. The summed E-state index contributed by atoms with van der Waals surface area (Å²) in [6.07, 6.45) is 4.54. The van der Waals surface area contributed by atoms with Crippen LogP contribution in [0.2, 0.25) is 0 Å². The van der Waals surface area contributed by atoms with Crippen LogP contribution in [-0.2, 0) is 4.79 Å². The second-order valence-corrected chi connectivity index (χ2v) is 5.23. The molecule has 3 heteroatoms. The van der Waals surface area contributed by atoms with E-state index >= 15 is 0 Å². The first kappa shape index (κ1) is 12.8.